The van der Waals surface area contributed by atoms with Gasteiger partial charge in [0.25, 0.3) is 0 Å². The molecule has 0 fully saturated rings. The Labute approximate surface area is 203 Å². The van der Waals surface area contributed by atoms with Crippen LogP contribution in [0.4, 0.5) is 0 Å². The number of pyridine rings is 1. The highest BCUT2D eigenvalue weighted by molar-refractivity contribution is 7.72. The first-order valence-electron chi connectivity index (χ1n) is 11.7. The fourth-order valence-electron chi connectivity index (χ4n) is 3.80. The molecule has 2 rings (SSSR count). The van der Waals surface area contributed by atoms with Crippen molar-refractivity contribution in [2.45, 2.75) is 51.9 Å². The predicted molar refractivity (Wildman–Crippen MR) is 134 cm³/mol. The summed E-state index contributed by atoms with van der Waals surface area (Å²) in [6.07, 6.45) is 2.45. The summed E-state index contributed by atoms with van der Waals surface area (Å²) in [6, 6.07) is 13.4. The molecule has 0 spiro atoms. The van der Waals surface area contributed by atoms with Crippen molar-refractivity contribution in [2.24, 2.45) is 0 Å². The number of aromatic nitrogens is 1. The number of hydrogen-bond acceptors (Lipinski definition) is 8. The molecule has 0 aliphatic rings. The third kappa shape index (κ3) is 7.74. The summed E-state index contributed by atoms with van der Waals surface area (Å²) in [7, 11) is -6.11. The van der Waals surface area contributed by atoms with Gasteiger partial charge in [-0.15, -0.1) is 0 Å². The average Bonchev–Trinajstić information content (AvgIpc) is 2.83. The predicted octanol–water partition coefficient (Wildman–Crippen LogP) is 6.66. The van der Waals surface area contributed by atoms with E-state index in [1.54, 1.807) is 41.0 Å². The molecule has 1 aromatic heterocycles. The highest BCUT2D eigenvalue weighted by atomic mass is 31.2. The van der Waals surface area contributed by atoms with Gasteiger partial charge in [-0.3, -0.25) is 14.1 Å². The topological polar surface area (TPSA) is 93.2 Å². The van der Waals surface area contributed by atoms with Gasteiger partial charge in [0.05, 0.1) is 33.5 Å². The van der Waals surface area contributed by atoms with Gasteiger partial charge in [-0.2, -0.15) is 0 Å². The molecule has 1 heterocycles. The number of rotatable bonds is 16. The highest BCUT2D eigenvalue weighted by Gasteiger charge is 2.51. The molecule has 0 aliphatic carbocycles. The van der Waals surface area contributed by atoms with Crippen LogP contribution in [0.5, 0.6) is 5.75 Å². The number of hydrogen-bond donors (Lipinski definition) is 0. The molecule has 0 bridgehead atoms. The molecule has 0 saturated carbocycles. The molecule has 0 amide bonds. The van der Waals surface area contributed by atoms with Crippen LogP contribution in [0, 0.1) is 0 Å². The minimum atomic E-state index is -3.86. The number of benzene rings is 1. The zero-order chi connectivity index (χ0) is 25.0. The summed E-state index contributed by atoms with van der Waals surface area (Å²) in [5.74, 6) is 0.508. The van der Waals surface area contributed by atoms with Gasteiger partial charge in [0.2, 0.25) is 0 Å². The van der Waals surface area contributed by atoms with Crippen LogP contribution in [0.2, 0.25) is 0 Å². The number of nitrogens with zero attached hydrogens (tertiary/aromatic N) is 1. The van der Waals surface area contributed by atoms with Gasteiger partial charge < -0.3 is 22.8 Å². The van der Waals surface area contributed by atoms with E-state index in [1.165, 1.54) is 0 Å². The summed E-state index contributed by atoms with van der Waals surface area (Å²) >= 11 is 0. The van der Waals surface area contributed by atoms with E-state index in [0.29, 0.717) is 6.42 Å². The lowest BCUT2D eigenvalue weighted by molar-refractivity contribution is 0.192. The third-order valence-electron chi connectivity index (χ3n) is 5.21. The second-order valence-electron chi connectivity index (χ2n) is 7.47. The lowest BCUT2D eigenvalue weighted by Gasteiger charge is -2.33. The molecule has 1 atom stereocenters. The Morgan fingerprint density at radius 3 is 1.74 bits per heavy atom. The fraction of sp³-hybridized carbons (Fsp3) is 0.542. The quantitative estimate of drug-likeness (QED) is 0.230. The normalized spacial score (nSPS) is 13.2. The minimum absolute atomic E-state index is 0.138. The van der Waals surface area contributed by atoms with Gasteiger partial charge >= 0.3 is 15.2 Å². The molecule has 0 radical (unpaired) electrons. The lowest BCUT2D eigenvalue weighted by atomic mass is 9.93. The van der Waals surface area contributed by atoms with Gasteiger partial charge in [-0.1, -0.05) is 18.2 Å². The molecule has 0 aliphatic heterocycles. The zero-order valence-corrected chi connectivity index (χ0v) is 22.5. The summed E-state index contributed by atoms with van der Waals surface area (Å²) in [5, 5.41) is -1.11. The van der Waals surface area contributed by atoms with E-state index in [1.807, 2.05) is 42.5 Å². The van der Waals surface area contributed by atoms with E-state index < -0.39 is 20.6 Å². The van der Waals surface area contributed by atoms with Crippen LogP contribution in [-0.4, -0.2) is 43.9 Å². The lowest BCUT2D eigenvalue weighted by Crippen LogP contribution is -2.22. The number of methoxy groups -OCH3 is 1. The van der Waals surface area contributed by atoms with Crippen molar-refractivity contribution in [3.8, 4) is 5.75 Å². The Bertz CT molecular complexity index is 890. The Kier molecular flexibility index (Phi) is 11.9. The minimum Gasteiger partial charge on any atom is -0.497 e. The Morgan fingerprint density at radius 2 is 1.32 bits per heavy atom. The first-order chi connectivity index (χ1) is 16.4. The third-order valence-corrected chi connectivity index (χ3v) is 11.3. The first-order valence-corrected chi connectivity index (χ1v) is 14.9. The maximum absolute atomic E-state index is 14.0. The Hall–Kier alpha value is -1.53. The van der Waals surface area contributed by atoms with Crippen molar-refractivity contribution < 1.29 is 32.0 Å². The summed E-state index contributed by atoms with van der Waals surface area (Å²) in [4.78, 5) is 4.54. The molecule has 2 aromatic rings. The maximum atomic E-state index is 14.0. The summed E-state index contributed by atoms with van der Waals surface area (Å²) < 4.78 is 55.9. The van der Waals surface area contributed by atoms with Crippen LogP contribution < -0.4 is 4.74 Å². The average molecular weight is 514 g/mol. The molecule has 190 valence electrons. The van der Waals surface area contributed by atoms with Crippen LogP contribution in [0.15, 0.2) is 48.7 Å². The van der Waals surface area contributed by atoms with Crippen molar-refractivity contribution in [1.82, 2.24) is 4.98 Å². The van der Waals surface area contributed by atoms with Crippen molar-refractivity contribution in [3.63, 3.8) is 0 Å². The van der Waals surface area contributed by atoms with Gasteiger partial charge in [-0.05, 0) is 70.4 Å². The molecular formula is C24H37NO7P2. The van der Waals surface area contributed by atoms with Gasteiger partial charge in [0, 0.05) is 17.8 Å². The summed E-state index contributed by atoms with van der Waals surface area (Å²) in [6.45, 7) is 7.45. The van der Waals surface area contributed by atoms with E-state index in [4.69, 9.17) is 22.8 Å². The van der Waals surface area contributed by atoms with Gasteiger partial charge in [0.1, 0.15) is 5.75 Å². The van der Waals surface area contributed by atoms with Crippen LogP contribution in [0.25, 0.3) is 0 Å². The van der Waals surface area contributed by atoms with Crippen LogP contribution in [-0.2, 0) is 33.6 Å². The van der Waals surface area contributed by atoms with Gasteiger partial charge in [0.15, 0.2) is 5.40 Å². The molecular weight excluding hydrogens is 476 g/mol. The second-order valence-corrected chi connectivity index (χ2v) is 12.3. The highest BCUT2D eigenvalue weighted by Crippen LogP contribution is 2.72. The Morgan fingerprint density at radius 1 is 0.794 bits per heavy atom. The summed E-state index contributed by atoms with van der Waals surface area (Å²) in [5.41, 5.74) is 1.81. The number of ether oxygens (including phenoxy) is 1. The molecule has 10 heteroatoms. The molecule has 0 saturated heterocycles. The maximum Gasteiger partial charge on any atom is 0.345 e. The largest absolute Gasteiger partial charge is 0.497 e. The molecule has 1 unspecified atom stereocenters. The molecule has 1 aromatic carbocycles. The van der Waals surface area contributed by atoms with E-state index in [-0.39, 0.29) is 38.8 Å². The monoisotopic (exact) mass is 513 g/mol. The van der Waals surface area contributed by atoms with Crippen molar-refractivity contribution in [1.29, 1.82) is 0 Å². The van der Waals surface area contributed by atoms with E-state index in [0.717, 1.165) is 17.0 Å². The zero-order valence-electron chi connectivity index (χ0n) is 20.7. The van der Waals surface area contributed by atoms with Crippen LogP contribution >= 0.6 is 15.2 Å². The SMILES string of the molecule is CCOP(=O)(OCC)C(CC(Cc1ccc(OC)cc1)c1ccccn1)P(=O)(OCC)OCC. The van der Waals surface area contributed by atoms with Crippen LogP contribution in [0.1, 0.15) is 51.3 Å². The molecule has 0 N–H and O–H groups in total. The Balaban J connectivity index is 2.55. The second kappa shape index (κ2) is 14.1. The smallest absolute Gasteiger partial charge is 0.345 e. The molecule has 34 heavy (non-hydrogen) atoms. The van der Waals surface area contributed by atoms with E-state index >= 15 is 0 Å². The van der Waals surface area contributed by atoms with Crippen molar-refractivity contribution in [2.75, 3.05) is 33.5 Å². The fourth-order valence-corrected chi connectivity index (χ4v) is 9.28. The van der Waals surface area contributed by atoms with E-state index in [2.05, 4.69) is 4.98 Å². The first kappa shape index (κ1) is 28.7. The molecule has 8 nitrogen and oxygen atoms in total. The van der Waals surface area contributed by atoms with Gasteiger partial charge in [-0.25, -0.2) is 0 Å². The van der Waals surface area contributed by atoms with Crippen molar-refractivity contribution >= 4 is 15.2 Å². The van der Waals surface area contributed by atoms with Crippen LogP contribution in [0.3, 0.4) is 0 Å². The van der Waals surface area contributed by atoms with E-state index in [9.17, 15) is 9.13 Å². The van der Waals surface area contributed by atoms with Crippen molar-refractivity contribution in [3.05, 3.63) is 59.9 Å². The standard InChI is InChI=1S/C24H37NO7P2/c1-6-29-33(26,30-7-2)24(34(27,31-8-3)32-9-4)19-21(23-12-10-11-17-25-23)18-20-13-15-22(28-5)16-14-20/h10-17,21,24H,6-9,18-19H2,1-5H3.